The van der Waals surface area contributed by atoms with Crippen LogP contribution in [0, 0.1) is 11.8 Å². The first kappa shape index (κ1) is 12.5. The smallest absolute Gasteiger partial charge is 0.337 e. The molecule has 0 fully saturated rings. The Balaban J connectivity index is 2.36. The summed E-state index contributed by atoms with van der Waals surface area (Å²) >= 11 is 0. The number of ether oxygens (including phenoxy) is 2. The van der Waals surface area contributed by atoms with Crippen molar-refractivity contribution in [3.8, 4) is 0 Å². The van der Waals surface area contributed by atoms with E-state index >= 15 is 0 Å². The number of hydrogen-bond donors (Lipinski definition) is 0. The second-order valence-electron chi connectivity index (χ2n) is 4.42. The second-order valence-corrected chi connectivity index (χ2v) is 4.42. The molecule has 0 bridgehead atoms. The van der Waals surface area contributed by atoms with Crippen molar-refractivity contribution in [1.82, 2.24) is 0 Å². The Kier molecular flexibility index (Phi) is 3.32. The highest BCUT2D eigenvalue weighted by Gasteiger charge is 2.45. The first-order chi connectivity index (χ1) is 8.60. The number of Topliss-reactive ketones (excluding diaryl/α,β-unsaturated/α-hetero) is 1. The Morgan fingerprint density at radius 2 is 2.22 bits per heavy atom. The molecule has 0 saturated carbocycles. The largest absolute Gasteiger partial charge is 0.489 e. The SMILES string of the molecule is COC(=O)C1=COC(C(C)=O)[C@@H]2C(C=O)=CC[C@H]12. The standard InChI is InChI=1S/C13H14O5/c1-7(15)12-11-8(5-14)3-4-9(11)10(6-18-12)13(16)17-2/h3,5-6,9,11-12H,4H2,1-2H3/t9-,11-,12?/m1/s1. The van der Waals surface area contributed by atoms with E-state index in [0.29, 0.717) is 17.6 Å². The number of esters is 1. The van der Waals surface area contributed by atoms with Crippen molar-refractivity contribution >= 4 is 18.0 Å². The van der Waals surface area contributed by atoms with Gasteiger partial charge in [-0.1, -0.05) is 6.08 Å². The molecule has 18 heavy (non-hydrogen) atoms. The Morgan fingerprint density at radius 1 is 1.50 bits per heavy atom. The molecule has 2 rings (SSSR count). The molecule has 0 amide bonds. The number of methoxy groups -OCH3 is 1. The number of carbonyl (C=O) groups excluding carboxylic acids is 3. The number of rotatable bonds is 3. The molecule has 1 aliphatic carbocycles. The highest BCUT2D eigenvalue weighted by molar-refractivity contribution is 5.92. The average Bonchev–Trinajstić information content (AvgIpc) is 2.80. The lowest BCUT2D eigenvalue weighted by atomic mass is 9.79. The molecule has 0 radical (unpaired) electrons. The van der Waals surface area contributed by atoms with Gasteiger partial charge in [0, 0.05) is 11.8 Å². The van der Waals surface area contributed by atoms with Gasteiger partial charge in [0.05, 0.1) is 18.9 Å². The van der Waals surface area contributed by atoms with E-state index < -0.39 is 12.1 Å². The zero-order chi connectivity index (χ0) is 13.3. The van der Waals surface area contributed by atoms with Gasteiger partial charge in [-0.15, -0.1) is 0 Å². The molecule has 5 heteroatoms. The molecule has 1 unspecified atom stereocenters. The van der Waals surface area contributed by atoms with Crippen molar-refractivity contribution in [2.75, 3.05) is 7.11 Å². The molecule has 0 spiro atoms. The predicted molar refractivity (Wildman–Crippen MR) is 61.4 cm³/mol. The lowest BCUT2D eigenvalue weighted by Gasteiger charge is -2.32. The Hall–Kier alpha value is -1.91. The third-order valence-electron chi connectivity index (χ3n) is 3.45. The lowest BCUT2D eigenvalue weighted by Crippen LogP contribution is -2.39. The molecule has 3 atom stereocenters. The summed E-state index contributed by atoms with van der Waals surface area (Å²) in [6.45, 7) is 1.42. The molecule has 5 nitrogen and oxygen atoms in total. The van der Waals surface area contributed by atoms with E-state index in [1.54, 1.807) is 6.08 Å². The summed E-state index contributed by atoms with van der Waals surface area (Å²) in [6, 6.07) is 0. The van der Waals surface area contributed by atoms with E-state index in [-0.39, 0.29) is 17.6 Å². The Bertz CT molecular complexity index is 460. The van der Waals surface area contributed by atoms with Crippen LogP contribution in [0.5, 0.6) is 0 Å². The van der Waals surface area contributed by atoms with Crippen LogP contribution >= 0.6 is 0 Å². The molecule has 1 heterocycles. The number of carbonyl (C=O) groups is 3. The summed E-state index contributed by atoms with van der Waals surface area (Å²) in [5.41, 5.74) is 0.905. The highest BCUT2D eigenvalue weighted by Crippen LogP contribution is 2.42. The predicted octanol–water partition coefficient (Wildman–Crippen LogP) is 0.792. The van der Waals surface area contributed by atoms with E-state index in [9.17, 15) is 14.4 Å². The van der Waals surface area contributed by atoms with Crippen molar-refractivity contribution in [1.29, 1.82) is 0 Å². The molecule has 0 aromatic carbocycles. The molecule has 1 aliphatic heterocycles. The van der Waals surface area contributed by atoms with Gasteiger partial charge in [-0.3, -0.25) is 9.59 Å². The van der Waals surface area contributed by atoms with Gasteiger partial charge in [-0.2, -0.15) is 0 Å². The van der Waals surface area contributed by atoms with E-state index in [1.165, 1.54) is 20.3 Å². The molecular weight excluding hydrogens is 236 g/mol. The van der Waals surface area contributed by atoms with Gasteiger partial charge in [-0.25, -0.2) is 4.79 Å². The minimum absolute atomic E-state index is 0.153. The topological polar surface area (TPSA) is 69.7 Å². The van der Waals surface area contributed by atoms with E-state index in [1.807, 2.05) is 0 Å². The summed E-state index contributed by atoms with van der Waals surface area (Å²) in [5.74, 6) is -1.22. The highest BCUT2D eigenvalue weighted by atomic mass is 16.5. The fourth-order valence-corrected chi connectivity index (χ4v) is 2.60. The third kappa shape index (κ3) is 1.85. The zero-order valence-corrected chi connectivity index (χ0v) is 10.2. The van der Waals surface area contributed by atoms with E-state index in [2.05, 4.69) is 4.74 Å². The summed E-state index contributed by atoms with van der Waals surface area (Å²) in [4.78, 5) is 34.2. The second kappa shape index (κ2) is 4.76. The van der Waals surface area contributed by atoms with E-state index in [0.717, 1.165) is 6.29 Å². The van der Waals surface area contributed by atoms with Gasteiger partial charge in [0.2, 0.25) is 0 Å². The van der Waals surface area contributed by atoms with Crippen LogP contribution in [0.4, 0.5) is 0 Å². The van der Waals surface area contributed by atoms with Crippen LogP contribution in [0.1, 0.15) is 13.3 Å². The van der Waals surface area contributed by atoms with Gasteiger partial charge >= 0.3 is 5.97 Å². The summed E-state index contributed by atoms with van der Waals surface area (Å²) in [6.07, 6.45) is 3.63. The summed E-state index contributed by atoms with van der Waals surface area (Å²) in [7, 11) is 1.29. The average molecular weight is 250 g/mol. The number of aldehydes is 1. The Labute approximate surface area is 104 Å². The maximum Gasteiger partial charge on any atom is 0.337 e. The normalized spacial score (nSPS) is 29.6. The van der Waals surface area contributed by atoms with Crippen LogP contribution in [0.2, 0.25) is 0 Å². The molecule has 2 aliphatic rings. The zero-order valence-electron chi connectivity index (χ0n) is 10.2. The monoisotopic (exact) mass is 250 g/mol. The molecule has 0 saturated heterocycles. The fraction of sp³-hybridized carbons (Fsp3) is 0.462. The third-order valence-corrected chi connectivity index (χ3v) is 3.45. The van der Waals surface area contributed by atoms with Gasteiger partial charge < -0.3 is 9.47 Å². The van der Waals surface area contributed by atoms with Gasteiger partial charge in [0.15, 0.2) is 11.9 Å². The van der Waals surface area contributed by atoms with Crippen LogP contribution in [-0.2, 0) is 23.9 Å². The molecule has 0 aromatic heterocycles. The summed E-state index contributed by atoms with van der Waals surface area (Å²) < 4.78 is 9.99. The van der Waals surface area contributed by atoms with Gasteiger partial charge in [-0.05, 0) is 18.9 Å². The molecular formula is C13H14O5. The quantitative estimate of drug-likeness (QED) is 0.547. The van der Waals surface area contributed by atoms with Gasteiger partial charge in [0.25, 0.3) is 0 Å². The van der Waals surface area contributed by atoms with Crippen molar-refractivity contribution < 1.29 is 23.9 Å². The summed E-state index contributed by atoms with van der Waals surface area (Å²) in [5, 5.41) is 0. The minimum Gasteiger partial charge on any atom is -0.489 e. The number of ketones is 1. The maximum atomic E-state index is 11.6. The maximum absolute atomic E-state index is 11.6. The first-order valence-electron chi connectivity index (χ1n) is 5.69. The van der Waals surface area contributed by atoms with Crippen molar-refractivity contribution in [2.24, 2.45) is 11.8 Å². The fourth-order valence-electron chi connectivity index (χ4n) is 2.60. The van der Waals surface area contributed by atoms with Crippen LogP contribution in [-0.4, -0.2) is 31.3 Å². The van der Waals surface area contributed by atoms with Crippen molar-refractivity contribution in [3.05, 3.63) is 23.5 Å². The first-order valence-corrected chi connectivity index (χ1v) is 5.69. The van der Waals surface area contributed by atoms with Crippen LogP contribution in [0.25, 0.3) is 0 Å². The number of hydrogen-bond acceptors (Lipinski definition) is 5. The van der Waals surface area contributed by atoms with Crippen LogP contribution in [0.15, 0.2) is 23.5 Å². The van der Waals surface area contributed by atoms with Crippen LogP contribution < -0.4 is 0 Å². The molecule has 0 aromatic rings. The lowest BCUT2D eigenvalue weighted by molar-refractivity contribution is -0.140. The molecule has 0 N–H and O–H groups in total. The van der Waals surface area contributed by atoms with Gasteiger partial charge in [0.1, 0.15) is 6.29 Å². The number of fused-ring (bicyclic) bond motifs is 1. The van der Waals surface area contributed by atoms with Crippen molar-refractivity contribution in [2.45, 2.75) is 19.4 Å². The molecule has 96 valence electrons. The Morgan fingerprint density at radius 3 is 2.78 bits per heavy atom. The van der Waals surface area contributed by atoms with E-state index in [4.69, 9.17) is 4.74 Å². The van der Waals surface area contributed by atoms with Crippen LogP contribution in [0.3, 0.4) is 0 Å². The number of allylic oxidation sites excluding steroid dienone is 1. The van der Waals surface area contributed by atoms with Crippen molar-refractivity contribution in [3.63, 3.8) is 0 Å². The minimum atomic E-state index is -0.692.